The number of hydrogen-bond acceptors (Lipinski definition) is 3. The van der Waals surface area contributed by atoms with Gasteiger partial charge in [0.15, 0.2) is 6.10 Å². The van der Waals surface area contributed by atoms with Crippen molar-refractivity contribution in [1.82, 2.24) is 10.6 Å². The van der Waals surface area contributed by atoms with E-state index in [2.05, 4.69) is 10.1 Å². The molecule has 1 saturated heterocycles. The smallest absolute Gasteiger partial charge is 0.407 e. The summed E-state index contributed by atoms with van der Waals surface area (Å²) >= 11 is 0. The Kier molecular flexibility index (Phi) is 3.56. The molecule has 0 aliphatic carbocycles. The Balaban J connectivity index is 2.35. The molecule has 0 bridgehead atoms. The minimum Gasteiger partial charge on any atom is -0.438 e. The van der Waals surface area contributed by atoms with E-state index >= 15 is 0 Å². The number of ether oxygens (including phenoxy) is 1. The predicted molar refractivity (Wildman–Crippen MR) is 42.1 cm³/mol. The van der Waals surface area contributed by atoms with E-state index in [1.807, 2.05) is 0 Å². The Labute approximate surface area is 87.1 Å². The highest BCUT2D eigenvalue weighted by Gasteiger charge is 2.47. The molecular formula is C7H9F5N2O2. The zero-order valence-electron chi connectivity index (χ0n) is 7.90. The maximum Gasteiger partial charge on any atom is 0.407 e. The maximum absolute atomic E-state index is 12.9. The molecule has 1 amide bonds. The molecule has 1 heterocycles. The minimum atomic E-state index is -4.60. The van der Waals surface area contributed by atoms with Gasteiger partial charge in [-0.1, -0.05) is 0 Å². The molecule has 0 aromatic carbocycles. The maximum atomic E-state index is 12.9. The molecule has 1 unspecified atom stereocenters. The van der Waals surface area contributed by atoms with Crippen molar-refractivity contribution in [1.29, 1.82) is 0 Å². The van der Waals surface area contributed by atoms with Crippen LogP contribution in [0.2, 0.25) is 0 Å². The summed E-state index contributed by atoms with van der Waals surface area (Å²) in [5.41, 5.74) is 0. The van der Waals surface area contributed by atoms with Gasteiger partial charge in [0.05, 0.1) is 6.54 Å². The predicted octanol–water partition coefficient (Wildman–Crippen LogP) is 0.882. The van der Waals surface area contributed by atoms with E-state index in [-0.39, 0.29) is 6.54 Å². The van der Waals surface area contributed by atoms with Gasteiger partial charge < -0.3 is 15.4 Å². The molecular weight excluding hydrogens is 239 g/mol. The number of amides is 1. The number of nitrogens with one attached hydrogen (secondary N) is 2. The summed E-state index contributed by atoms with van der Waals surface area (Å²) in [4.78, 5) is 10.7. The molecule has 1 aliphatic heterocycles. The normalized spacial score (nSPS) is 24.2. The molecule has 94 valence electrons. The SMILES string of the molecule is O=C(NCC(F)(F)F)OC1CNCC1(F)F. The van der Waals surface area contributed by atoms with Gasteiger partial charge in [-0.15, -0.1) is 0 Å². The topological polar surface area (TPSA) is 50.4 Å². The summed E-state index contributed by atoms with van der Waals surface area (Å²) in [5, 5.41) is 3.60. The van der Waals surface area contributed by atoms with Crippen molar-refractivity contribution < 1.29 is 31.5 Å². The third-order valence-electron chi connectivity index (χ3n) is 1.84. The Hall–Kier alpha value is -1.12. The van der Waals surface area contributed by atoms with Crippen LogP contribution in [0.4, 0.5) is 26.7 Å². The molecule has 0 saturated carbocycles. The highest BCUT2D eigenvalue weighted by molar-refractivity contribution is 5.67. The quantitative estimate of drug-likeness (QED) is 0.713. The second-order valence-corrected chi connectivity index (χ2v) is 3.25. The van der Waals surface area contributed by atoms with Crippen LogP contribution < -0.4 is 10.6 Å². The highest BCUT2D eigenvalue weighted by atomic mass is 19.4. The van der Waals surface area contributed by atoms with Crippen molar-refractivity contribution in [2.75, 3.05) is 19.6 Å². The van der Waals surface area contributed by atoms with Crippen LogP contribution in [-0.2, 0) is 4.74 Å². The van der Waals surface area contributed by atoms with Gasteiger partial charge in [0, 0.05) is 6.54 Å². The summed E-state index contributed by atoms with van der Waals surface area (Å²) in [6.07, 6.45) is -7.85. The van der Waals surface area contributed by atoms with Gasteiger partial charge in [-0.25, -0.2) is 13.6 Å². The number of carbonyl (C=O) groups excluding carboxylic acids is 1. The van der Waals surface area contributed by atoms with E-state index < -0.39 is 37.4 Å². The first-order valence-electron chi connectivity index (χ1n) is 4.30. The number of carbonyl (C=O) groups is 1. The fraction of sp³-hybridized carbons (Fsp3) is 0.857. The van der Waals surface area contributed by atoms with Crippen LogP contribution in [0.5, 0.6) is 0 Å². The Morgan fingerprint density at radius 2 is 2.12 bits per heavy atom. The molecule has 0 radical (unpaired) electrons. The highest BCUT2D eigenvalue weighted by Crippen LogP contribution is 2.24. The third kappa shape index (κ3) is 3.80. The van der Waals surface area contributed by atoms with Crippen LogP contribution in [0.3, 0.4) is 0 Å². The molecule has 1 aliphatic rings. The van der Waals surface area contributed by atoms with Gasteiger partial charge in [-0.3, -0.25) is 0 Å². The van der Waals surface area contributed by atoms with Crippen LogP contribution in [0.1, 0.15) is 0 Å². The van der Waals surface area contributed by atoms with Gasteiger partial charge in [0.25, 0.3) is 5.92 Å². The van der Waals surface area contributed by atoms with E-state index in [9.17, 15) is 26.7 Å². The first-order valence-corrected chi connectivity index (χ1v) is 4.30. The summed E-state index contributed by atoms with van der Waals surface area (Å²) in [6.45, 7) is -2.56. The van der Waals surface area contributed by atoms with Crippen molar-refractivity contribution in [3.63, 3.8) is 0 Å². The summed E-state index contributed by atoms with van der Waals surface area (Å²) in [7, 11) is 0. The Bertz CT molecular complexity index is 268. The van der Waals surface area contributed by atoms with Crippen LogP contribution in [0.25, 0.3) is 0 Å². The lowest BCUT2D eigenvalue weighted by atomic mass is 10.2. The molecule has 2 N–H and O–H groups in total. The first kappa shape index (κ1) is 12.9. The lowest BCUT2D eigenvalue weighted by Gasteiger charge is -2.18. The molecule has 1 fully saturated rings. The minimum absolute atomic E-state index is 0.285. The summed E-state index contributed by atoms with van der Waals surface area (Å²) in [5.74, 6) is -3.25. The van der Waals surface area contributed by atoms with Crippen LogP contribution >= 0.6 is 0 Å². The van der Waals surface area contributed by atoms with Crippen molar-refractivity contribution >= 4 is 6.09 Å². The lowest BCUT2D eigenvalue weighted by Crippen LogP contribution is -2.41. The molecule has 9 heteroatoms. The zero-order chi connectivity index (χ0) is 12.4. The van der Waals surface area contributed by atoms with Gasteiger partial charge in [0.2, 0.25) is 0 Å². The van der Waals surface area contributed by atoms with E-state index in [0.717, 1.165) is 0 Å². The van der Waals surface area contributed by atoms with E-state index in [4.69, 9.17) is 0 Å². The second kappa shape index (κ2) is 4.40. The number of rotatable bonds is 2. The second-order valence-electron chi connectivity index (χ2n) is 3.25. The largest absolute Gasteiger partial charge is 0.438 e. The number of alkyl carbamates (subject to hydrolysis) is 1. The number of hydrogen-bond donors (Lipinski definition) is 2. The molecule has 4 nitrogen and oxygen atoms in total. The number of halogens is 5. The van der Waals surface area contributed by atoms with Crippen LogP contribution in [0.15, 0.2) is 0 Å². The average Bonchev–Trinajstić information content (AvgIpc) is 2.42. The molecule has 0 aromatic heterocycles. The molecule has 0 aromatic rings. The third-order valence-corrected chi connectivity index (χ3v) is 1.84. The molecule has 1 rings (SSSR count). The number of alkyl halides is 5. The average molecular weight is 248 g/mol. The van der Waals surface area contributed by atoms with Crippen LogP contribution in [0, 0.1) is 0 Å². The summed E-state index contributed by atoms with van der Waals surface area (Å²) in [6, 6.07) is 0. The monoisotopic (exact) mass is 248 g/mol. The van der Waals surface area contributed by atoms with E-state index in [0.29, 0.717) is 0 Å². The standard InChI is InChI=1S/C7H9F5N2O2/c8-6(9)2-13-1-4(6)16-5(15)14-3-7(10,11)12/h4,13H,1-3H2,(H,14,15). The van der Waals surface area contributed by atoms with Gasteiger partial charge in [-0.05, 0) is 0 Å². The Morgan fingerprint density at radius 3 is 2.56 bits per heavy atom. The van der Waals surface area contributed by atoms with E-state index in [1.54, 1.807) is 0 Å². The summed E-state index contributed by atoms with van der Waals surface area (Å²) < 4.78 is 64.8. The molecule has 1 atom stereocenters. The van der Waals surface area contributed by atoms with Gasteiger partial charge >= 0.3 is 12.3 Å². The van der Waals surface area contributed by atoms with Gasteiger partial charge in [-0.2, -0.15) is 13.2 Å². The van der Waals surface area contributed by atoms with Crippen molar-refractivity contribution in [3.05, 3.63) is 0 Å². The lowest BCUT2D eigenvalue weighted by molar-refractivity contribution is -0.125. The zero-order valence-corrected chi connectivity index (χ0v) is 7.90. The van der Waals surface area contributed by atoms with Crippen molar-refractivity contribution in [2.24, 2.45) is 0 Å². The van der Waals surface area contributed by atoms with Crippen molar-refractivity contribution in [3.8, 4) is 0 Å². The molecule has 16 heavy (non-hydrogen) atoms. The fourth-order valence-corrected chi connectivity index (χ4v) is 1.10. The van der Waals surface area contributed by atoms with E-state index in [1.165, 1.54) is 5.32 Å². The Morgan fingerprint density at radius 1 is 1.50 bits per heavy atom. The van der Waals surface area contributed by atoms with Gasteiger partial charge in [0.1, 0.15) is 6.54 Å². The van der Waals surface area contributed by atoms with Crippen LogP contribution in [-0.4, -0.2) is 43.9 Å². The fourth-order valence-electron chi connectivity index (χ4n) is 1.10. The molecule has 0 spiro atoms. The first-order chi connectivity index (χ1) is 7.21. The van der Waals surface area contributed by atoms with Crippen molar-refractivity contribution in [2.45, 2.75) is 18.2 Å².